The van der Waals surface area contributed by atoms with E-state index in [0.717, 1.165) is 17.7 Å². The monoisotopic (exact) mass is 483 g/mol. The molecule has 2 heterocycles. The van der Waals surface area contributed by atoms with Gasteiger partial charge in [0.1, 0.15) is 5.71 Å². The third kappa shape index (κ3) is 5.43. The Morgan fingerprint density at radius 1 is 1.13 bits per heavy atom. The fraction of sp³-hybridized carbons (Fsp3) is 0.286. The molecule has 3 rings (SSSR count). The zero-order valence-electron chi connectivity index (χ0n) is 16.2. The van der Waals surface area contributed by atoms with Gasteiger partial charge in [-0.3, -0.25) is 15.0 Å². The number of hydrogen-bond donors (Lipinski definition) is 2. The van der Waals surface area contributed by atoms with Gasteiger partial charge < -0.3 is 10.2 Å². The molecular weight excluding hydrogens is 465 g/mol. The third-order valence-corrected chi connectivity index (χ3v) is 6.61. The Morgan fingerprint density at radius 3 is 2.43 bits per heavy atom. The number of anilines is 1. The lowest BCUT2D eigenvalue weighted by atomic mass is 10.0. The number of carbonyl (C=O) groups excluding carboxylic acids is 2. The van der Waals surface area contributed by atoms with Crippen molar-refractivity contribution in [1.82, 2.24) is 4.90 Å². The molecule has 30 heavy (non-hydrogen) atoms. The van der Waals surface area contributed by atoms with Gasteiger partial charge in [0.25, 0.3) is 0 Å². The summed E-state index contributed by atoms with van der Waals surface area (Å²) in [7, 11) is 0. The van der Waals surface area contributed by atoms with E-state index in [9.17, 15) is 9.59 Å². The van der Waals surface area contributed by atoms with Gasteiger partial charge in [-0.05, 0) is 50.1 Å². The van der Waals surface area contributed by atoms with E-state index in [1.54, 1.807) is 42.2 Å². The highest BCUT2D eigenvalue weighted by Crippen LogP contribution is 2.34. The van der Waals surface area contributed by atoms with Gasteiger partial charge in [0.05, 0.1) is 32.0 Å². The minimum atomic E-state index is -0.520. The van der Waals surface area contributed by atoms with Gasteiger partial charge >= 0.3 is 0 Å². The summed E-state index contributed by atoms with van der Waals surface area (Å²) in [6.45, 7) is 3.01. The smallest absolute Gasteiger partial charge is 0.230 e. The lowest BCUT2D eigenvalue weighted by molar-refractivity contribution is -0.132. The number of nitrogens with zero attached hydrogens (tertiary/aromatic N) is 1. The number of amides is 1. The van der Waals surface area contributed by atoms with Gasteiger partial charge in [-0.15, -0.1) is 11.3 Å². The van der Waals surface area contributed by atoms with Gasteiger partial charge in [0.2, 0.25) is 5.91 Å². The Morgan fingerprint density at radius 2 is 1.83 bits per heavy atom. The lowest BCUT2D eigenvalue weighted by Gasteiger charge is -2.17. The number of halogens is 3. The molecule has 0 spiro atoms. The van der Waals surface area contributed by atoms with E-state index in [0.29, 0.717) is 44.4 Å². The average molecular weight is 485 g/mol. The van der Waals surface area contributed by atoms with Crippen LogP contribution in [0.4, 0.5) is 5.69 Å². The van der Waals surface area contributed by atoms with Crippen LogP contribution in [0.2, 0.25) is 14.4 Å². The molecule has 1 aromatic carbocycles. The quantitative estimate of drug-likeness (QED) is 0.365. The number of Topliss-reactive ketones (excluding diaryl/α,β-unsaturated/α-hetero) is 1. The Bertz CT molecular complexity index is 1030. The molecule has 1 saturated heterocycles. The highest BCUT2D eigenvalue weighted by molar-refractivity contribution is 7.17. The normalized spacial score (nSPS) is 14.5. The molecule has 0 saturated carbocycles. The van der Waals surface area contributed by atoms with Crippen LogP contribution in [0.25, 0.3) is 5.70 Å². The molecule has 0 unspecified atom stereocenters. The SMILES string of the molecule is C/C(C(=N)C(=O)CC(=O)N1CCCC1)=C(/Nc1ccc(Cl)cc1Cl)c1ccc(Cl)s1. The number of ketones is 1. The van der Waals surface area contributed by atoms with Crippen molar-refractivity contribution in [3.05, 3.63) is 55.2 Å². The minimum absolute atomic E-state index is 0.223. The third-order valence-electron chi connectivity index (χ3n) is 4.81. The van der Waals surface area contributed by atoms with Crippen molar-refractivity contribution in [1.29, 1.82) is 5.41 Å². The first kappa shape index (κ1) is 22.8. The van der Waals surface area contributed by atoms with E-state index in [4.69, 9.17) is 40.2 Å². The molecule has 0 radical (unpaired) electrons. The molecule has 5 nitrogen and oxygen atoms in total. The highest BCUT2D eigenvalue weighted by Gasteiger charge is 2.24. The van der Waals surface area contributed by atoms with Gasteiger partial charge in [-0.2, -0.15) is 0 Å². The van der Waals surface area contributed by atoms with Crippen LogP contribution in [-0.4, -0.2) is 35.4 Å². The van der Waals surface area contributed by atoms with E-state index in [1.165, 1.54) is 11.3 Å². The fourth-order valence-corrected chi connectivity index (χ4v) is 4.71. The maximum absolute atomic E-state index is 12.7. The molecule has 0 aliphatic carbocycles. The molecule has 2 N–H and O–H groups in total. The zero-order chi connectivity index (χ0) is 21.8. The van der Waals surface area contributed by atoms with Crippen LogP contribution in [-0.2, 0) is 9.59 Å². The molecule has 1 amide bonds. The molecule has 1 aliphatic heterocycles. The number of carbonyl (C=O) groups is 2. The number of nitrogens with one attached hydrogen (secondary N) is 2. The average Bonchev–Trinajstić information content (AvgIpc) is 3.38. The van der Waals surface area contributed by atoms with Crippen molar-refractivity contribution < 1.29 is 9.59 Å². The van der Waals surface area contributed by atoms with Crippen molar-refractivity contribution in [2.24, 2.45) is 0 Å². The first-order valence-corrected chi connectivity index (χ1v) is 11.3. The van der Waals surface area contributed by atoms with Crippen LogP contribution < -0.4 is 5.32 Å². The Hall–Kier alpha value is -1.86. The van der Waals surface area contributed by atoms with Crippen molar-refractivity contribution >= 4 is 74.9 Å². The topological polar surface area (TPSA) is 73.3 Å². The summed E-state index contributed by atoms with van der Waals surface area (Å²) in [5, 5.41) is 12.5. The second-order valence-corrected chi connectivity index (χ2v) is 9.47. The van der Waals surface area contributed by atoms with Crippen molar-refractivity contribution in [2.45, 2.75) is 26.2 Å². The second kappa shape index (κ2) is 9.96. The number of rotatable bonds is 7. The molecule has 1 aromatic heterocycles. The van der Waals surface area contributed by atoms with Crippen LogP contribution >= 0.6 is 46.1 Å². The summed E-state index contributed by atoms with van der Waals surface area (Å²) in [5.74, 6) is -0.752. The first-order valence-electron chi connectivity index (χ1n) is 9.35. The number of allylic oxidation sites excluding steroid dienone is 1. The standard InChI is InChI=1S/C21H20Cl3N3O2S/c1-12(20(25)16(28)11-19(29)27-8-2-3-9-27)21(17-6-7-18(24)30-17)26-15-5-4-13(22)10-14(15)23/h4-7,10,25-26H,2-3,8-9,11H2,1H3/b21-12-,25-20?. The molecule has 1 aliphatic rings. The molecule has 2 aromatic rings. The maximum atomic E-state index is 12.7. The van der Waals surface area contributed by atoms with Crippen LogP contribution in [0.1, 0.15) is 31.1 Å². The predicted molar refractivity (Wildman–Crippen MR) is 125 cm³/mol. The van der Waals surface area contributed by atoms with Gasteiger partial charge in [0, 0.05) is 23.7 Å². The van der Waals surface area contributed by atoms with Crippen molar-refractivity contribution in [3.63, 3.8) is 0 Å². The summed E-state index contributed by atoms with van der Waals surface area (Å²) in [6, 6.07) is 8.55. The number of thiophene rings is 1. The van der Waals surface area contributed by atoms with Gasteiger partial charge in [-0.25, -0.2) is 0 Å². The van der Waals surface area contributed by atoms with E-state index < -0.39 is 5.78 Å². The van der Waals surface area contributed by atoms with Crippen molar-refractivity contribution in [2.75, 3.05) is 18.4 Å². The molecule has 1 fully saturated rings. The van der Waals surface area contributed by atoms with Gasteiger partial charge in [0.15, 0.2) is 5.78 Å². The van der Waals surface area contributed by atoms with E-state index in [1.807, 2.05) is 0 Å². The van der Waals surface area contributed by atoms with E-state index in [2.05, 4.69) is 5.32 Å². The van der Waals surface area contributed by atoms with E-state index in [-0.39, 0.29) is 18.0 Å². The van der Waals surface area contributed by atoms with E-state index >= 15 is 0 Å². The second-order valence-electron chi connectivity index (χ2n) is 6.92. The summed E-state index contributed by atoms with van der Waals surface area (Å²) >= 11 is 19.7. The maximum Gasteiger partial charge on any atom is 0.230 e. The molecule has 0 bridgehead atoms. The molecule has 9 heteroatoms. The lowest BCUT2D eigenvalue weighted by Crippen LogP contribution is -2.31. The Labute approximate surface area is 194 Å². The van der Waals surface area contributed by atoms with Crippen LogP contribution in [0.3, 0.4) is 0 Å². The number of hydrogen-bond acceptors (Lipinski definition) is 5. The number of benzene rings is 1. The predicted octanol–water partition coefficient (Wildman–Crippen LogP) is 6.15. The zero-order valence-corrected chi connectivity index (χ0v) is 19.3. The molecule has 0 atom stereocenters. The fourth-order valence-electron chi connectivity index (χ4n) is 3.15. The number of likely N-dealkylation sites (tertiary alicyclic amines) is 1. The van der Waals surface area contributed by atoms with Crippen LogP contribution in [0.15, 0.2) is 35.9 Å². The first-order chi connectivity index (χ1) is 14.3. The molecular formula is C21H20Cl3N3O2S. The summed E-state index contributed by atoms with van der Waals surface area (Å²) in [5.41, 5.74) is 1.29. The highest BCUT2D eigenvalue weighted by atomic mass is 35.5. The van der Waals surface area contributed by atoms with Gasteiger partial charge in [-0.1, -0.05) is 34.8 Å². The largest absolute Gasteiger partial charge is 0.353 e. The summed E-state index contributed by atoms with van der Waals surface area (Å²) in [6.07, 6.45) is 1.59. The van der Waals surface area contributed by atoms with Crippen molar-refractivity contribution in [3.8, 4) is 0 Å². The van der Waals surface area contributed by atoms with Crippen LogP contribution in [0, 0.1) is 5.41 Å². The minimum Gasteiger partial charge on any atom is -0.353 e. The summed E-state index contributed by atoms with van der Waals surface area (Å²) in [4.78, 5) is 27.4. The Kier molecular flexibility index (Phi) is 7.58. The van der Waals surface area contributed by atoms with Crippen LogP contribution in [0.5, 0.6) is 0 Å². The molecule has 158 valence electrons. The Balaban J connectivity index is 1.88. The summed E-state index contributed by atoms with van der Waals surface area (Å²) < 4.78 is 0.571.